The van der Waals surface area contributed by atoms with Crippen LogP contribution in [-0.4, -0.2) is 19.3 Å². The fraction of sp³-hybridized carbons (Fsp3) is 0.600. The van der Waals surface area contributed by atoms with E-state index in [9.17, 15) is 0 Å². The topological polar surface area (TPSA) is 56.5 Å². The van der Waals surface area contributed by atoms with E-state index in [1.807, 2.05) is 25.1 Å². The Morgan fingerprint density at radius 1 is 1.37 bits per heavy atom. The normalized spacial score (nSPS) is 15.9. The molecule has 0 heterocycles. The minimum Gasteiger partial charge on any atom is -0.497 e. The predicted molar refractivity (Wildman–Crippen MR) is 78.1 cm³/mol. The highest BCUT2D eigenvalue weighted by Crippen LogP contribution is 2.34. The van der Waals surface area contributed by atoms with Gasteiger partial charge in [-0.05, 0) is 50.5 Å². The van der Waals surface area contributed by atoms with Gasteiger partial charge in [0, 0.05) is 6.61 Å². The Morgan fingerprint density at radius 2 is 2.05 bits per heavy atom. The number of benzene rings is 1. The summed E-state index contributed by atoms with van der Waals surface area (Å²) in [5, 5.41) is 0. The van der Waals surface area contributed by atoms with Crippen molar-refractivity contribution < 1.29 is 9.47 Å². The van der Waals surface area contributed by atoms with Crippen LogP contribution in [0.4, 0.5) is 0 Å². The number of methoxy groups -OCH3 is 1. The van der Waals surface area contributed by atoms with E-state index in [1.165, 1.54) is 0 Å². The molecule has 4 heteroatoms. The Balaban J connectivity index is 3.15. The molecule has 2 atom stereocenters. The first-order valence-corrected chi connectivity index (χ1v) is 6.77. The van der Waals surface area contributed by atoms with Crippen LogP contribution in [0.5, 0.6) is 5.75 Å². The van der Waals surface area contributed by atoms with Gasteiger partial charge in [0.2, 0.25) is 0 Å². The molecule has 4 nitrogen and oxygen atoms in total. The fourth-order valence-electron chi connectivity index (χ4n) is 2.41. The Bertz CT molecular complexity index is 409. The number of hydrogen-bond acceptors (Lipinski definition) is 4. The summed E-state index contributed by atoms with van der Waals surface area (Å²) in [7, 11) is 1.67. The monoisotopic (exact) mass is 266 g/mol. The minimum atomic E-state index is -0.331. The van der Waals surface area contributed by atoms with Gasteiger partial charge in [-0.25, -0.2) is 0 Å². The van der Waals surface area contributed by atoms with Crippen molar-refractivity contribution in [2.24, 2.45) is 5.84 Å². The Hall–Kier alpha value is -1.10. The molecule has 108 valence electrons. The standard InChI is InChI=1S/C15H26N2O2/c1-6-15(4,19-7-2)14(17-16)13-9-8-12(18-5)10-11(13)3/h8-10,14,17H,6-7,16H2,1-5H3. The molecule has 0 fully saturated rings. The Labute approximate surface area is 116 Å². The van der Waals surface area contributed by atoms with E-state index in [-0.39, 0.29) is 11.6 Å². The fourth-order valence-corrected chi connectivity index (χ4v) is 2.41. The Kier molecular flexibility index (Phi) is 5.79. The van der Waals surface area contributed by atoms with Crippen molar-refractivity contribution in [2.75, 3.05) is 13.7 Å². The molecule has 2 unspecified atom stereocenters. The van der Waals surface area contributed by atoms with Crippen molar-refractivity contribution in [3.8, 4) is 5.75 Å². The molecule has 19 heavy (non-hydrogen) atoms. The van der Waals surface area contributed by atoms with Crippen molar-refractivity contribution in [3.05, 3.63) is 29.3 Å². The average molecular weight is 266 g/mol. The van der Waals surface area contributed by atoms with Crippen LogP contribution < -0.4 is 16.0 Å². The molecule has 0 amide bonds. The number of aryl methyl sites for hydroxylation is 1. The van der Waals surface area contributed by atoms with Crippen molar-refractivity contribution in [3.63, 3.8) is 0 Å². The molecule has 0 aliphatic heterocycles. The second kappa shape index (κ2) is 6.89. The quantitative estimate of drug-likeness (QED) is 0.588. The van der Waals surface area contributed by atoms with Crippen molar-refractivity contribution in [1.29, 1.82) is 0 Å². The van der Waals surface area contributed by atoms with Crippen LogP contribution in [0, 0.1) is 6.92 Å². The first kappa shape index (κ1) is 16.0. The highest BCUT2D eigenvalue weighted by Gasteiger charge is 2.34. The number of nitrogens with one attached hydrogen (secondary N) is 1. The van der Waals surface area contributed by atoms with Crippen LogP contribution >= 0.6 is 0 Å². The summed E-state index contributed by atoms with van der Waals surface area (Å²) in [6, 6.07) is 5.96. The number of hydrazine groups is 1. The molecular formula is C15H26N2O2. The number of nitrogens with two attached hydrogens (primary N) is 1. The minimum absolute atomic E-state index is 0.0524. The molecule has 1 rings (SSSR count). The van der Waals surface area contributed by atoms with Crippen LogP contribution in [0.3, 0.4) is 0 Å². The van der Waals surface area contributed by atoms with Crippen LogP contribution in [0.15, 0.2) is 18.2 Å². The first-order valence-electron chi connectivity index (χ1n) is 6.77. The molecule has 0 aliphatic rings. The van der Waals surface area contributed by atoms with Gasteiger partial charge in [0.05, 0.1) is 18.8 Å². The van der Waals surface area contributed by atoms with Crippen LogP contribution in [0.25, 0.3) is 0 Å². The molecule has 0 aliphatic carbocycles. The first-order chi connectivity index (χ1) is 9.02. The van der Waals surface area contributed by atoms with Gasteiger partial charge in [-0.3, -0.25) is 11.3 Å². The largest absolute Gasteiger partial charge is 0.497 e. The third-order valence-corrected chi connectivity index (χ3v) is 3.74. The molecule has 1 aromatic rings. The maximum Gasteiger partial charge on any atom is 0.119 e. The zero-order valence-electron chi connectivity index (χ0n) is 12.6. The van der Waals surface area contributed by atoms with Crippen molar-refractivity contribution in [2.45, 2.75) is 45.8 Å². The maximum atomic E-state index is 5.92. The smallest absolute Gasteiger partial charge is 0.119 e. The van der Waals surface area contributed by atoms with Gasteiger partial charge in [0.1, 0.15) is 5.75 Å². The third-order valence-electron chi connectivity index (χ3n) is 3.74. The predicted octanol–water partition coefficient (Wildman–Crippen LogP) is 2.71. The SMILES string of the molecule is CCOC(C)(CC)C(NN)c1ccc(OC)cc1C. The lowest BCUT2D eigenvalue weighted by atomic mass is 9.86. The van der Waals surface area contributed by atoms with E-state index >= 15 is 0 Å². The molecule has 3 N–H and O–H groups in total. The van der Waals surface area contributed by atoms with Crippen LogP contribution in [0.1, 0.15) is 44.4 Å². The number of hydrogen-bond donors (Lipinski definition) is 2. The summed E-state index contributed by atoms with van der Waals surface area (Å²) < 4.78 is 11.2. The van der Waals surface area contributed by atoms with Gasteiger partial charge < -0.3 is 9.47 Å². The van der Waals surface area contributed by atoms with Gasteiger partial charge in [-0.1, -0.05) is 13.0 Å². The second-order valence-corrected chi connectivity index (χ2v) is 4.92. The molecule has 0 spiro atoms. The van der Waals surface area contributed by atoms with Gasteiger partial charge >= 0.3 is 0 Å². The summed E-state index contributed by atoms with van der Waals surface area (Å²) in [5.74, 6) is 6.63. The summed E-state index contributed by atoms with van der Waals surface area (Å²) >= 11 is 0. The van der Waals surface area contributed by atoms with Crippen LogP contribution in [0.2, 0.25) is 0 Å². The molecule has 0 saturated carbocycles. The highest BCUT2D eigenvalue weighted by atomic mass is 16.5. The van der Waals surface area contributed by atoms with Gasteiger partial charge in [0.25, 0.3) is 0 Å². The zero-order valence-corrected chi connectivity index (χ0v) is 12.6. The number of ether oxygens (including phenoxy) is 2. The molecule has 0 aromatic heterocycles. The summed E-state index contributed by atoms with van der Waals surface area (Å²) in [6.07, 6.45) is 0.876. The van der Waals surface area contributed by atoms with E-state index in [4.69, 9.17) is 15.3 Å². The lowest BCUT2D eigenvalue weighted by Gasteiger charge is -2.37. The summed E-state index contributed by atoms with van der Waals surface area (Å²) in [5.41, 5.74) is 4.86. The lowest BCUT2D eigenvalue weighted by molar-refractivity contribution is -0.0565. The molecular weight excluding hydrogens is 240 g/mol. The second-order valence-electron chi connectivity index (χ2n) is 4.92. The van der Waals surface area contributed by atoms with Crippen LogP contribution in [-0.2, 0) is 4.74 Å². The maximum absolute atomic E-state index is 5.92. The van der Waals surface area contributed by atoms with E-state index in [1.54, 1.807) is 7.11 Å². The van der Waals surface area contributed by atoms with Crippen molar-refractivity contribution in [1.82, 2.24) is 5.43 Å². The van der Waals surface area contributed by atoms with Gasteiger partial charge in [-0.15, -0.1) is 0 Å². The zero-order chi connectivity index (χ0) is 14.5. The van der Waals surface area contributed by atoms with Gasteiger partial charge in [0.15, 0.2) is 0 Å². The third kappa shape index (κ3) is 3.47. The van der Waals surface area contributed by atoms with E-state index in [0.29, 0.717) is 6.61 Å². The summed E-state index contributed by atoms with van der Waals surface area (Å²) in [4.78, 5) is 0. The molecule has 0 saturated heterocycles. The molecule has 1 aromatic carbocycles. The number of rotatable bonds is 7. The molecule has 0 radical (unpaired) electrons. The summed E-state index contributed by atoms with van der Waals surface area (Å²) in [6.45, 7) is 8.92. The van der Waals surface area contributed by atoms with Crippen molar-refractivity contribution >= 4 is 0 Å². The van der Waals surface area contributed by atoms with E-state index < -0.39 is 0 Å². The van der Waals surface area contributed by atoms with E-state index in [2.05, 4.69) is 26.2 Å². The van der Waals surface area contributed by atoms with Gasteiger partial charge in [-0.2, -0.15) is 0 Å². The Morgan fingerprint density at radius 3 is 2.47 bits per heavy atom. The van der Waals surface area contributed by atoms with E-state index in [0.717, 1.165) is 23.3 Å². The molecule has 0 bridgehead atoms. The highest BCUT2D eigenvalue weighted by molar-refractivity contribution is 5.37. The lowest BCUT2D eigenvalue weighted by Crippen LogP contribution is -2.46. The average Bonchev–Trinajstić information content (AvgIpc) is 2.41.